The Hall–Kier alpha value is -2.41. The molecule has 1 saturated heterocycles. The van der Waals surface area contributed by atoms with E-state index < -0.39 is 0 Å². The van der Waals surface area contributed by atoms with E-state index in [0.29, 0.717) is 22.7 Å². The van der Waals surface area contributed by atoms with Gasteiger partial charge in [-0.25, -0.2) is 9.18 Å². The summed E-state index contributed by atoms with van der Waals surface area (Å²) in [4.78, 5) is 14.6. The van der Waals surface area contributed by atoms with Gasteiger partial charge in [0.15, 0.2) is 11.6 Å². The zero-order chi connectivity index (χ0) is 17.8. The molecule has 0 radical (unpaired) electrons. The van der Waals surface area contributed by atoms with Crippen LogP contribution < -0.4 is 10.6 Å². The highest BCUT2D eigenvalue weighted by Gasteiger charge is 2.22. The van der Waals surface area contributed by atoms with Gasteiger partial charge in [0.2, 0.25) is 0 Å². The van der Waals surface area contributed by atoms with Crippen LogP contribution in [0.2, 0.25) is 0 Å². The molecule has 1 aliphatic rings. The van der Waals surface area contributed by atoms with Gasteiger partial charge < -0.3 is 14.7 Å². The molecular formula is C18H23FN4O2. The lowest BCUT2D eigenvalue weighted by Gasteiger charge is -2.31. The van der Waals surface area contributed by atoms with E-state index in [-0.39, 0.29) is 17.9 Å². The molecule has 2 N–H and O–H groups in total. The molecule has 2 amide bonds. The molecule has 1 aromatic carbocycles. The predicted octanol–water partition coefficient (Wildman–Crippen LogP) is 3.39. The number of piperidine rings is 1. The van der Waals surface area contributed by atoms with Gasteiger partial charge in [0.1, 0.15) is 5.82 Å². The number of nitrogens with zero attached hydrogens (tertiary/aromatic N) is 2. The maximum Gasteiger partial charge on any atom is 0.320 e. The molecule has 0 bridgehead atoms. The van der Waals surface area contributed by atoms with E-state index in [1.807, 2.05) is 0 Å². The highest BCUT2D eigenvalue weighted by Crippen LogP contribution is 2.30. The van der Waals surface area contributed by atoms with Crippen molar-refractivity contribution in [1.29, 1.82) is 0 Å². The summed E-state index contributed by atoms with van der Waals surface area (Å²) in [5, 5.41) is 9.54. The number of rotatable bonds is 4. The second-order valence-corrected chi connectivity index (χ2v) is 6.27. The first-order chi connectivity index (χ1) is 12.1. The summed E-state index contributed by atoms with van der Waals surface area (Å²) >= 11 is 0. The quantitative estimate of drug-likeness (QED) is 0.890. The molecule has 3 rings (SSSR count). The minimum absolute atomic E-state index is 0.154. The van der Waals surface area contributed by atoms with E-state index in [1.54, 1.807) is 25.1 Å². The lowest BCUT2D eigenvalue weighted by Crippen LogP contribution is -2.45. The highest BCUT2D eigenvalue weighted by molar-refractivity contribution is 5.90. The molecule has 1 aliphatic heterocycles. The second-order valence-electron chi connectivity index (χ2n) is 6.27. The van der Waals surface area contributed by atoms with E-state index >= 15 is 0 Å². The normalized spacial score (nSPS) is 16.0. The lowest BCUT2D eigenvalue weighted by molar-refractivity contribution is 0.203. The van der Waals surface area contributed by atoms with Crippen molar-refractivity contribution in [3.63, 3.8) is 0 Å². The summed E-state index contributed by atoms with van der Waals surface area (Å²) in [5.41, 5.74) is 0.925. The van der Waals surface area contributed by atoms with Crippen LogP contribution in [0.4, 0.5) is 15.0 Å². The fraction of sp³-hybridized carbons (Fsp3) is 0.444. The van der Waals surface area contributed by atoms with Crippen LogP contribution >= 0.6 is 0 Å². The van der Waals surface area contributed by atoms with Crippen LogP contribution in [0.25, 0.3) is 11.3 Å². The van der Waals surface area contributed by atoms with Crippen molar-refractivity contribution in [3.05, 3.63) is 35.6 Å². The fourth-order valence-corrected chi connectivity index (χ4v) is 3.07. The topological polar surface area (TPSA) is 70.4 Å². The summed E-state index contributed by atoms with van der Waals surface area (Å²) in [5.74, 6) is 0.242. The number of benzene rings is 1. The first-order valence-electron chi connectivity index (χ1n) is 8.59. The van der Waals surface area contributed by atoms with Crippen molar-refractivity contribution >= 4 is 11.8 Å². The Kier molecular flexibility index (Phi) is 5.33. The third-order valence-corrected chi connectivity index (χ3v) is 4.64. The van der Waals surface area contributed by atoms with Crippen molar-refractivity contribution in [1.82, 2.24) is 15.4 Å². The average molecular weight is 346 g/mol. The summed E-state index contributed by atoms with van der Waals surface area (Å²) in [6, 6.07) is 6.16. The van der Waals surface area contributed by atoms with Gasteiger partial charge in [-0.05, 0) is 38.4 Å². The van der Waals surface area contributed by atoms with Crippen LogP contribution in [0.15, 0.2) is 28.8 Å². The minimum Gasteiger partial charge on any atom is -0.354 e. The van der Waals surface area contributed by atoms with Gasteiger partial charge in [-0.3, -0.25) is 5.32 Å². The monoisotopic (exact) mass is 346 g/mol. The van der Waals surface area contributed by atoms with Crippen molar-refractivity contribution < 1.29 is 13.7 Å². The Labute approximate surface area is 146 Å². The number of urea groups is 1. The van der Waals surface area contributed by atoms with Gasteiger partial charge in [-0.15, -0.1) is 0 Å². The summed E-state index contributed by atoms with van der Waals surface area (Å²) in [6.45, 7) is 6.90. The Morgan fingerprint density at radius 1 is 1.36 bits per heavy atom. The van der Waals surface area contributed by atoms with E-state index in [9.17, 15) is 9.18 Å². The van der Waals surface area contributed by atoms with Gasteiger partial charge in [0, 0.05) is 24.7 Å². The minimum atomic E-state index is -0.388. The van der Waals surface area contributed by atoms with E-state index in [0.717, 1.165) is 32.5 Å². The van der Waals surface area contributed by atoms with Gasteiger partial charge in [0.05, 0.1) is 5.56 Å². The molecule has 0 aliphatic carbocycles. The van der Waals surface area contributed by atoms with Crippen LogP contribution in [0, 0.1) is 12.7 Å². The van der Waals surface area contributed by atoms with Gasteiger partial charge in [-0.2, -0.15) is 0 Å². The number of carbonyl (C=O) groups is 1. The molecule has 0 saturated carbocycles. The number of amides is 2. The Morgan fingerprint density at radius 2 is 2.08 bits per heavy atom. The standard InChI is InChI=1S/C18H23FN4O2/c1-3-23-10-8-13(9-11-23)20-18(24)21-17-12(2)16(25-22-17)14-6-4-5-7-15(14)19/h4-7,13H,3,8-11H2,1-2H3,(H2,20,21,22,24). The first-order valence-corrected chi connectivity index (χ1v) is 8.59. The fourth-order valence-electron chi connectivity index (χ4n) is 3.07. The van der Waals surface area contributed by atoms with Crippen molar-refractivity contribution in [2.75, 3.05) is 25.0 Å². The van der Waals surface area contributed by atoms with Crippen molar-refractivity contribution in [2.45, 2.75) is 32.7 Å². The van der Waals surface area contributed by atoms with Crippen molar-refractivity contribution in [2.24, 2.45) is 0 Å². The zero-order valence-corrected chi connectivity index (χ0v) is 14.5. The third kappa shape index (κ3) is 3.99. The zero-order valence-electron chi connectivity index (χ0n) is 14.5. The molecule has 1 fully saturated rings. The van der Waals surface area contributed by atoms with E-state index in [1.165, 1.54) is 6.07 Å². The van der Waals surface area contributed by atoms with Crippen molar-refractivity contribution in [3.8, 4) is 11.3 Å². The van der Waals surface area contributed by atoms with E-state index in [2.05, 4.69) is 27.6 Å². The Balaban J connectivity index is 1.62. The number of nitrogens with one attached hydrogen (secondary N) is 2. The van der Waals surface area contributed by atoms with E-state index in [4.69, 9.17) is 4.52 Å². The summed E-state index contributed by atoms with van der Waals surface area (Å²) in [6.07, 6.45) is 1.86. The molecule has 7 heteroatoms. The van der Waals surface area contributed by atoms with Gasteiger partial charge in [-0.1, -0.05) is 24.2 Å². The SMILES string of the molecule is CCN1CCC(NC(=O)Nc2noc(-c3ccccc3F)c2C)CC1. The van der Waals surface area contributed by atoms with Crippen LogP contribution in [-0.4, -0.2) is 41.8 Å². The maximum atomic E-state index is 13.9. The van der Waals surface area contributed by atoms with Crippen LogP contribution in [0.3, 0.4) is 0 Å². The molecule has 0 unspecified atom stereocenters. The first kappa shape index (κ1) is 17.4. The lowest BCUT2D eigenvalue weighted by atomic mass is 10.1. The molecule has 1 aromatic heterocycles. The Morgan fingerprint density at radius 3 is 2.76 bits per heavy atom. The predicted molar refractivity (Wildman–Crippen MR) is 93.9 cm³/mol. The molecule has 2 heterocycles. The molecule has 2 aromatic rings. The highest BCUT2D eigenvalue weighted by atomic mass is 19.1. The average Bonchev–Trinajstić information content (AvgIpc) is 2.96. The van der Waals surface area contributed by atoms with Gasteiger partial charge >= 0.3 is 6.03 Å². The molecular weight excluding hydrogens is 323 g/mol. The number of likely N-dealkylation sites (tertiary alicyclic amines) is 1. The number of hydrogen-bond donors (Lipinski definition) is 2. The number of aromatic nitrogens is 1. The maximum absolute atomic E-state index is 13.9. The smallest absolute Gasteiger partial charge is 0.320 e. The molecule has 134 valence electrons. The second kappa shape index (κ2) is 7.65. The number of carbonyl (C=O) groups excluding carboxylic acids is 1. The van der Waals surface area contributed by atoms with Gasteiger partial charge in [0.25, 0.3) is 0 Å². The largest absolute Gasteiger partial charge is 0.354 e. The molecule has 0 atom stereocenters. The number of hydrogen-bond acceptors (Lipinski definition) is 4. The third-order valence-electron chi connectivity index (χ3n) is 4.64. The van der Waals surface area contributed by atoms with Crippen LogP contribution in [0.5, 0.6) is 0 Å². The Bertz CT molecular complexity index is 738. The molecule has 0 spiro atoms. The summed E-state index contributed by atoms with van der Waals surface area (Å²) in [7, 11) is 0. The van der Waals surface area contributed by atoms with Crippen LogP contribution in [0.1, 0.15) is 25.3 Å². The number of halogens is 1. The van der Waals surface area contributed by atoms with Crippen LogP contribution in [-0.2, 0) is 0 Å². The molecule has 6 nitrogen and oxygen atoms in total. The number of anilines is 1. The summed E-state index contributed by atoms with van der Waals surface area (Å²) < 4.78 is 19.1. The molecule has 25 heavy (non-hydrogen) atoms.